The van der Waals surface area contributed by atoms with E-state index in [2.05, 4.69) is 47.6 Å². The number of pyridine rings is 1. The lowest BCUT2D eigenvalue weighted by Gasteiger charge is -2.14. The molecule has 0 unspecified atom stereocenters. The molecule has 0 bridgehead atoms. The van der Waals surface area contributed by atoms with Gasteiger partial charge in [-0.15, -0.1) is 11.3 Å². The summed E-state index contributed by atoms with van der Waals surface area (Å²) in [6.45, 7) is 1.74. The second-order valence-electron chi connectivity index (χ2n) is 7.02. The summed E-state index contributed by atoms with van der Waals surface area (Å²) in [7, 11) is 5.87. The molecule has 4 nitrogen and oxygen atoms in total. The maximum absolute atomic E-state index is 5.88. The van der Waals surface area contributed by atoms with Crippen LogP contribution in [0.2, 0.25) is 0 Å². The predicted molar refractivity (Wildman–Crippen MR) is 118 cm³/mol. The first kappa shape index (κ1) is 18.7. The van der Waals surface area contributed by atoms with Gasteiger partial charge in [-0.3, -0.25) is 4.98 Å². The van der Waals surface area contributed by atoms with E-state index in [9.17, 15) is 0 Å². The maximum atomic E-state index is 5.88. The number of aromatic nitrogens is 1. The molecule has 0 spiro atoms. The Kier molecular flexibility index (Phi) is 5.46. The second-order valence-corrected chi connectivity index (χ2v) is 7.97. The van der Waals surface area contributed by atoms with Gasteiger partial charge < -0.3 is 14.4 Å². The summed E-state index contributed by atoms with van der Waals surface area (Å²) < 4.78 is 12.8. The van der Waals surface area contributed by atoms with E-state index in [0.717, 1.165) is 46.5 Å². The molecule has 0 fully saturated rings. The molecule has 2 aromatic carbocycles. The van der Waals surface area contributed by atoms with Gasteiger partial charge >= 0.3 is 0 Å². The monoisotopic (exact) mass is 392 g/mol. The molecule has 2 aromatic heterocycles. The molecule has 0 amide bonds. The molecule has 4 rings (SSSR count). The molecule has 0 aliphatic carbocycles. The molecular weight excluding hydrogens is 368 g/mol. The zero-order valence-electron chi connectivity index (χ0n) is 16.4. The third kappa shape index (κ3) is 3.68. The number of methoxy groups -OCH3 is 1. The molecule has 5 heteroatoms. The molecule has 4 aromatic rings. The lowest BCUT2D eigenvalue weighted by atomic mass is 9.97. The van der Waals surface area contributed by atoms with Crippen molar-refractivity contribution < 1.29 is 9.47 Å². The Hall–Kier alpha value is -2.63. The number of hydrogen-bond acceptors (Lipinski definition) is 5. The summed E-state index contributed by atoms with van der Waals surface area (Å²) in [5.41, 5.74) is 3.16. The summed E-state index contributed by atoms with van der Waals surface area (Å²) in [6.07, 6.45) is 2.96. The van der Waals surface area contributed by atoms with E-state index in [1.54, 1.807) is 18.4 Å². The Morgan fingerprint density at radius 1 is 1.04 bits per heavy atom. The molecule has 2 heterocycles. The lowest BCUT2D eigenvalue weighted by molar-refractivity contribution is 0.281. The van der Waals surface area contributed by atoms with Crippen LogP contribution in [0.3, 0.4) is 0 Å². The summed E-state index contributed by atoms with van der Waals surface area (Å²) in [4.78, 5) is 6.82. The van der Waals surface area contributed by atoms with E-state index >= 15 is 0 Å². The Balaban J connectivity index is 1.71. The van der Waals surface area contributed by atoms with E-state index < -0.39 is 0 Å². The first-order valence-corrected chi connectivity index (χ1v) is 10.3. The van der Waals surface area contributed by atoms with Crippen LogP contribution in [0.1, 0.15) is 6.42 Å². The van der Waals surface area contributed by atoms with Crippen molar-refractivity contribution in [1.29, 1.82) is 0 Å². The van der Waals surface area contributed by atoms with Gasteiger partial charge in [0.1, 0.15) is 11.5 Å². The molecule has 0 saturated carbocycles. The minimum absolute atomic E-state index is 0.717. The molecule has 0 aliphatic heterocycles. The van der Waals surface area contributed by atoms with Gasteiger partial charge in [0, 0.05) is 29.1 Å². The number of rotatable bonds is 7. The molecule has 0 aliphatic rings. The largest absolute Gasteiger partial charge is 0.496 e. The minimum Gasteiger partial charge on any atom is -0.496 e. The number of benzene rings is 2. The van der Waals surface area contributed by atoms with Gasteiger partial charge in [-0.1, -0.05) is 12.1 Å². The van der Waals surface area contributed by atoms with E-state index in [1.807, 2.05) is 30.5 Å². The van der Waals surface area contributed by atoms with Crippen LogP contribution in [0, 0.1) is 0 Å². The molecule has 0 atom stereocenters. The van der Waals surface area contributed by atoms with E-state index in [0.29, 0.717) is 6.61 Å². The van der Waals surface area contributed by atoms with Crippen LogP contribution in [0.15, 0.2) is 54.0 Å². The van der Waals surface area contributed by atoms with E-state index in [4.69, 9.17) is 9.47 Å². The smallest absolute Gasteiger partial charge is 0.127 e. The number of ether oxygens (including phenoxy) is 2. The van der Waals surface area contributed by atoms with Crippen molar-refractivity contribution >= 4 is 32.3 Å². The zero-order valence-corrected chi connectivity index (χ0v) is 17.3. The van der Waals surface area contributed by atoms with Gasteiger partial charge in [-0.05, 0) is 61.8 Å². The third-order valence-corrected chi connectivity index (χ3v) is 5.66. The van der Waals surface area contributed by atoms with Crippen molar-refractivity contribution in [3.05, 3.63) is 54.0 Å². The number of hydrogen-bond donors (Lipinski definition) is 0. The first-order valence-electron chi connectivity index (χ1n) is 9.38. The number of fused-ring (bicyclic) bond motifs is 3. The molecule has 0 N–H and O–H groups in total. The lowest BCUT2D eigenvalue weighted by Crippen LogP contribution is -2.15. The van der Waals surface area contributed by atoms with Gasteiger partial charge in [0.15, 0.2) is 0 Å². The van der Waals surface area contributed by atoms with Crippen LogP contribution >= 0.6 is 11.3 Å². The number of nitrogens with zero attached hydrogens (tertiary/aromatic N) is 2. The van der Waals surface area contributed by atoms with Crippen LogP contribution in [-0.4, -0.2) is 44.2 Å². The highest BCUT2D eigenvalue weighted by Gasteiger charge is 2.15. The summed E-state index contributed by atoms with van der Waals surface area (Å²) in [5.74, 6) is 1.74. The minimum atomic E-state index is 0.717. The van der Waals surface area contributed by atoms with Gasteiger partial charge in [0.25, 0.3) is 0 Å². The second kappa shape index (κ2) is 8.17. The van der Waals surface area contributed by atoms with Gasteiger partial charge in [-0.25, -0.2) is 0 Å². The van der Waals surface area contributed by atoms with Crippen LogP contribution in [0.4, 0.5) is 0 Å². The molecule has 28 heavy (non-hydrogen) atoms. The Morgan fingerprint density at radius 3 is 2.61 bits per heavy atom. The summed E-state index contributed by atoms with van der Waals surface area (Å²) >= 11 is 1.71. The van der Waals surface area contributed by atoms with Crippen LogP contribution in [-0.2, 0) is 0 Å². The average molecular weight is 393 g/mol. The zero-order chi connectivity index (χ0) is 19.5. The summed E-state index contributed by atoms with van der Waals surface area (Å²) in [5, 5.41) is 4.46. The quantitative estimate of drug-likeness (QED) is 0.391. The third-order valence-electron chi connectivity index (χ3n) is 4.81. The highest BCUT2D eigenvalue weighted by molar-refractivity contribution is 7.17. The molecule has 144 valence electrons. The van der Waals surface area contributed by atoms with Crippen molar-refractivity contribution in [3.63, 3.8) is 0 Å². The normalized spacial score (nSPS) is 11.4. The molecule has 0 saturated heterocycles. The standard InChI is InChI=1S/C23H24N2O2S/c1-25(2)12-4-13-27-17-7-5-16(6-8-17)22-20(26-3)10-9-19-23(22)18-11-14-28-21(18)15-24-19/h5-11,14-15H,4,12-13H2,1-3H3. The van der Waals surface area contributed by atoms with Crippen molar-refractivity contribution in [3.8, 4) is 22.6 Å². The Bertz CT molecular complexity index is 1090. The fourth-order valence-electron chi connectivity index (χ4n) is 3.45. The van der Waals surface area contributed by atoms with Crippen molar-refractivity contribution in [1.82, 2.24) is 9.88 Å². The van der Waals surface area contributed by atoms with Crippen molar-refractivity contribution in [2.24, 2.45) is 0 Å². The van der Waals surface area contributed by atoms with Crippen LogP contribution in [0.5, 0.6) is 11.5 Å². The van der Waals surface area contributed by atoms with Gasteiger partial charge in [0.05, 0.1) is 23.9 Å². The highest BCUT2D eigenvalue weighted by atomic mass is 32.1. The Labute approximate surface area is 169 Å². The average Bonchev–Trinajstić information content (AvgIpc) is 3.20. The van der Waals surface area contributed by atoms with E-state index in [-0.39, 0.29) is 0 Å². The first-order chi connectivity index (χ1) is 13.7. The SMILES string of the molecule is COc1ccc2ncc3sccc3c2c1-c1ccc(OCCCN(C)C)cc1. The van der Waals surface area contributed by atoms with Crippen molar-refractivity contribution in [2.45, 2.75) is 6.42 Å². The Morgan fingerprint density at radius 2 is 1.86 bits per heavy atom. The van der Waals surface area contributed by atoms with Gasteiger partial charge in [-0.2, -0.15) is 0 Å². The topological polar surface area (TPSA) is 34.6 Å². The summed E-state index contributed by atoms with van der Waals surface area (Å²) in [6, 6.07) is 14.4. The fourth-order valence-corrected chi connectivity index (χ4v) is 4.22. The van der Waals surface area contributed by atoms with Crippen LogP contribution < -0.4 is 9.47 Å². The highest BCUT2D eigenvalue weighted by Crippen LogP contribution is 2.41. The maximum Gasteiger partial charge on any atom is 0.127 e. The number of thiophene rings is 1. The molecule has 0 radical (unpaired) electrons. The van der Waals surface area contributed by atoms with E-state index in [1.165, 1.54) is 10.1 Å². The van der Waals surface area contributed by atoms with Crippen molar-refractivity contribution in [2.75, 3.05) is 34.4 Å². The predicted octanol–water partition coefficient (Wildman–Crippen LogP) is 5.46. The fraction of sp³-hybridized carbons (Fsp3) is 0.261. The van der Waals surface area contributed by atoms with Crippen LogP contribution in [0.25, 0.3) is 32.1 Å². The molecular formula is C23H24N2O2S. The van der Waals surface area contributed by atoms with Gasteiger partial charge in [0.2, 0.25) is 0 Å².